The van der Waals surface area contributed by atoms with E-state index in [9.17, 15) is 9.59 Å². The maximum Gasteiger partial charge on any atom is 0.271 e. The number of nitrogens with zero attached hydrogens (tertiary/aromatic N) is 4. The van der Waals surface area contributed by atoms with E-state index in [2.05, 4.69) is 9.88 Å². The number of benzene rings is 2. The van der Waals surface area contributed by atoms with Crippen molar-refractivity contribution < 1.29 is 4.79 Å². The van der Waals surface area contributed by atoms with Gasteiger partial charge in [0.1, 0.15) is 5.56 Å². The molecule has 156 valence electrons. The Bertz CT molecular complexity index is 1310. The summed E-state index contributed by atoms with van der Waals surface area (Å²) >= 11 is 7.70. The van der Waals surface area contributed by atoms with Gasteiger partial charge in [0.2, 0.25) is 0 Å². The monoisotopic (exact) mass is 450 g/mol. The van der Waals surface area contributed by atoms with E-state index in [1.807, 2.05) is 60.0 Å². The highest BCUT2D eigenvalue weighted by molar-refractivity contribution is 7.15. The first-order chi connectivity index (χ1) is 15.1. The lowest BCUT2D eigenvalue weighted by Crippen LogP contribution is -2.49. The predicted molar refractivity (Wildman–Crippen MR) is 124 cm³/mol. The van der Waals surface area contributed by atoms with Gasteiger partial charge in [-0.25, -0.2) is 4.98 Å². The summed E-state index contributed by atoms with van der Waals surface area (Å²) in [6.07, 6.45) is 1.41. The molecule has 0 bridgehead atoms. The zero-order valence-electron chi connectivity index (χ0n) is 16.6. The summed E-state index contributed by atoms with van der Waals surface area (Å²) in [7, 11) is 0. The molecule has 6 nitrogen and oxygen atoms in total. The van der Waals surface area contributed by atoms with Gasteiger partial charge in [0.25, 0.3) is 11.5 Å². The molecule has 8 heteroatoms. The van der Waals surface area contributed by atoms with Crippen LogP contribution in [0.15, 0.2) is 71.0 Å². The summed E-state index contributed by atoms with van der Waals surface area (Å²) in [6, 6.07) is 17.3. The minimum atomic E-state index is -0.330. The van der Waals surface area contributed by atoms with Crippen LogP contribution in [0.25, 0.3) is 16.2 Å². The van der Waals surface area contributed by atoms with Crippen molar-refractivity contribution in [1.82, 2.24) is 14.3 Å². The zero-order valence-corrected chi connectivity index (χ0v) is 18.1. The number of rotatable bonds is 3. The fourth-order valence-corrected chi connectivity index (χ4v) is 4.99. The molecule has 31 heavy (non-hydrogen) atoms. The fraction of sp³-hybridized carbons (Fsp3) is 0.174. The highest BCUT2D eigenvalue weighted by atomic mass is 35.5. The Balaban J connectivity index is 1.41. The highest BCUT2D eigenvalue weighted by Gasteiger charge is 2.26. The predicted octanol–water partition coefficient (Wildman–Crippen LogP) is 4.04. The first-order valence-electron chi connectivity index (χ1n) is 9.97. The van der Waals surface area contributed by atoms with Crippen LogP contribution in [0.1, 0.15) is 10.4 Å². The van der Waals surface area contributed by atoms with Crippen molar-refractivity contribution in [3.63, 3.8) is 0 Å². The van der Waals surface area contributed by atoms with Gasteiger partial charge in [-0.15, -0.1) is 11.3 Å². The average molecular weight is 451 g/mol. The molecule has 1 aliphatic rings. The van der Waals surface area contributed by atoms with E-state index in [0.717, 1.165) is 16.9 Å². The van der Waals surface area contributed by atoms with Gasteiger partial charge in [0.05, 0.1) is 16.4 Å². The second kappa shape index (κ2) is 8.17. The number of thiazole rings is 1. The van der Waals surface area contributed by atoms with Gasteiger partial charge in [0.15, 0.2) is 4.96 Å². The Hall–Kier alpha value is -3.16. The molecule has 0 radical (unpaired) electrons. The number of carbonyl (C=O) groups excluding carboxylic acids is 1. The molecule has 1 aliphatic heterocycles. The first-order valence-corrected chi connectivity index (χ1v) is 11.2. The molecule has 5 rings (SSSR count). The minimum Gasteiger partial charge on any atom is -0.367 e. The molecular formula is C23H19ClN4O2S. The van der Waals surface area contributed by atoms with Crippen LogP contribution >= 0.6 is 22.9 Å². The van der Waals surface area contributed by atoms with Crippen molar-refractivity contribution in [2.45, 2.75) is 0 Å². The summed E-state index contributed by atoms with van der Waals surface area (Å²) in [6.45, 7) is 2.34. The maximum atomic E-state index is 13.3. The van der Waals surface area contributed by atoms with Crippen LogP contribution in [0.3, 0.4) is 0 Å². The lowest BCUT2D eigenvalue weighted by atomic mass is 10.2. The smallest absolute Gasteiger partial charge is 0.271 e. The van der Waals surface area contributed by atoms with Crippen molar-refractivity contribution in [1.29, 1.82) is 0 Å². The van der Waals surface area contributed by atoms with E-state index in [0.29, 0.717) is 36.2 Å². The molecule has 4 aromatic rings. The molecule has 0 spiro atoms. The van der Waals surface area contributed by atoms with Gasteiger partial charge < -0.3 is 9.80 Å². The first kappa shape index (κ1) is 19.8. The number of anilines is 1. The molecule has 0 atom stereocenters. The van der Waals surface area contributed by atoms with E-state index >= 15 is 0 Å². The van der Waals surface area contributed by atoms with E-state index in [4.69, 9.17) is 11.6 Å². The standard InChI is InChI=1S/C23H19ClN4O2S/c24-18-8-4-5-9-19(18)26-10-12-27(13-11-26)21(29)17-14-25-23-28(22(17)30)20(15-31-23)16-6-2-1-3-7-16/h1-9,14-15H,10-13H2. The molecule has 1 amide bonds. The number of para-hydroxylation sites is 1. The largest absolute Gasteiger partial charge is 0.367 e. The molecular weight excluding hydrogens is 432 g/mol. The number of hydrogen-bond donors (Lipinski definition) is 0. The van der Waals surface area contributed by atoms with Gasteiger partial charge >= 0.3 is 0 Å². The lowest BCUT2D eigenvalue weighted by Gasteiger charge is -2.36. The third-order valence-corrected chi connectivity index (χ3v) is 6.67. The SMILES string of the molecule is O=C(c1cnc2scc(-c3ccccc3)n2c1=O)N1CCN(c2ccccc2Cl)CC1. The van der Waals surface area contributed by atoms with Gasteiger partial charge in [-0.05, 0) is 17.7 Å². The third kappa shape index (κ3) is 3.60. The van der Waals surface area contributed by atoms with Crippen molar-refractivity contribution in [2.24, 2.45) is 0 Å². The topological polar surface area (TPSA) is 57.9 Å². The molecule has 0 saturated carbocycles. The van der Waals surface area contributed by atoms with E-state index in [-0.39, 0.29) is 17.0 Å². The number of aromatic nitrogens is 2. The highest BCUT2D eigenvalue weighted by Crippen LogP contribution is 2.27. The van der Waals surface area contributed by atoms with Crippen LogP contribution in [-0.4, -0.2) is 46.4 Å². The Labute approximate surface area is 187 Å². The van der Waals surface area contributed by atoms with E-state index < -0.39 is 0 Å². The Morgan fingerprint density at radius 3 is 2.42 bits per heavy atom. The van der Waals surface area contributed by atoms with Gasteiger partial charge in [-0.1, -0.05) is 54.1 Å². The van der Waals surface area contributed by atoms with Crippen LogP contribution in [0.5, 0.6) is 0 Å². The number of carbonyl (C=O) groups is 1. The Morgan fingerprint density at radius 1 is 0.968 bits per heavy atom. The second-order valence-electron chi connectivity index (χ2n) is 7.31. The van der Waals surface area contributed by atoms with Crippen LogP contribution in [-0.2, 0) is 0 Å². The van der Waals surface area contributed by atoms with E-state index in [1.165, 1.54) is 21.9 Å². The maximum absolute atomic E-state index is 13.3. The molecule has 2 aromatic carbocycles. The molecule has 1 saturated heterocycles. The normalized spacial score (nSPS) is 14.2. The number of amides is 1. The molecule has 2 aromatic heterocycles. The molecule has 0 unspecified atom stereocenters. The van der Waals surface area contributed by atoms with Crippen LogP contribution < -0.4 is 10.5 Å². The summed E-state index contributed by atoms with van der Waals surface area (Å²) in [4.78, 5) is 35.3. The van der Waals surface area contributed by atoms with Gasteiger partial charge in [-0.3, -0.25) is 14.0 Å². The molecule has 3 heterocycles. The van der Waals surface area contributed by atoms with E-state index in [1.54, 1.807) is 4.90 Å². The van der Waals surface area contributed by atoms with Crippen molar-refractivity contribution in [2.75, 3.05) is 31.1 Å². The van der Waals surface area contributed by atoms with Crippen molar-refractivity contribution in [3.8, 4) is 11.3 Å². The third-order valence-electron chi connectivity index (χ3n) is 5.51. The van der Waals surface area contributed by atoms with Crippen LogP contribution in [0.4, 0.5) is 5.69 Å². The van der Waals surface area contributed by atoms with Crippen LogP contribution in [0, 0.1) is 0 Å². The summed E-state index contributed by atoms with van der Waals surface area (Å²) in [5.41, 5.74) is 2.39. The molecule has 0 aliphatic carbocycles. The van der Waals surface area contributed by atoms with Crippen molar-refractivity contribution in [3.05, 3.63) is 87.1 Å². The minimum absolute atomic E-state index is 0.0966. The summed E-state index contributed by atoms with van der Waals surface area (Å²) in [5, 5.41) is 2.59. The molecule has 1 fully saturated rings. The van der Waals surface area contributed by atoms with Crippen LogP contribution in [0.2, 0.25) is 5.02 Å². The second-order valence-corrected chi connectivity index (χ2v) is 8.56. The average Bonchev–Trinajstić information content (AvgIpc) is 3.25. The fourth-order valence-electron chi connectivity index (χ4n) is 3.88. The quantitative estimate of drug-likeness (QED) is 0.472. The summed E-state index contributed by atoms with van der Waals surface area (Å²) in [5.74, 6) is -0.282. The van der Waals surface area contributed by atoms with Gasteiger partial charge in [-0.2, -0.15) is 0 Å². The van der Waals surface area contributed by atoms with Crippen molar-refractivity contribution >= 4 is 39.5 Å². The Kier molecular flexibility index (Phi) is 5.21. The summed E-state index contributed by atoms with van der Waals surface area (Å²) < 4.78 is 1.53. The number of hydrogen-bond acceptors (Lipinski definition) is 5. The number of piperazine rings is 1. The number of halogens is 1. The molecule has 0 N–H and O–H groups in total. The number of fused-ring (bicyclic) bond motifs is 1. The Morgan fingerprint density at radius 2 is 1.68 bits per heavy atom. The lowest BCUT2D eigenvalue weighted by molar-refractivity contribution is 0.0744. The van der Waals surface area contributed by atoms with Gasteiger partial charge in [0, 0.05) is 37.8 Å². The zero-order chi connectivity index (χ0) is 21.4.